The van der Waals surface area contributed by atoms with Gasteiger partial charge in [-0.2, -0.15) is 0 Å². The van der Waals surface area contributed by atoms with Crippen LogP contribution in [0.15, 0.2) is 200 Å². The molecule has 0 spiro atoms. The van der Waals surface area contributed by atoms with Gasteiger partial charge in [0.1, 0.15) is 29.8 Å². The number of hydrogen-bond acceptors (Lipinski definition) is 4. The topological polar surface area (TPSA) is 33.5 Å². The lowest BCUT2D eigenvalue weighted by molar-refractivity contribution is 0.483. The second-order valence-corrected chi connectivity index (χ2v) is 19.9. The Bertz CT molecular complexity index is 3490. The molecule has 10 aromatic rings. The first-order chi connectivity index (χ1) is 32.9. The van der Waals surface area contributed by atoms with E-state index in [1.807, 2.05) is 24.4 Å². The van der Waals surface area contributed by atoms with Gasteiger partial charge in [0.25, 0.3) is 0 Å². The van der Waals surface area contributed by atoms with Crippen molar-refractivity contribution in [1.82, 2.24) is 9.55 Å². The minimum Gasteiger partial charge on any atom is -0.457 e. The first kappa shape index (κ1) is 42.7. The first-order valence-electron chi connectivity index (χ1n) is 23.4. The Morgan fingerprint density at radius 2 is 1.13 bits per heavy atom. The molecule has 11 rings (SSSR count). The van der Waals surface area contributed by atoms with Gasteiger partial charge >= 0.3 is 0 Å². The van der Waals surface area contributed by atoms with Crippen LogP contribution in [0, 0.1) is 5.82 Å². The lowest BCUT2D eigenvalue weighted by atomic mass is 9.83. The number of aromatic nitrogens is 2. The molecule has 1 aliphatic heterocycles. The van der Waals surface area contributed by atoms with Crippen LogP contribution in [0.4, 0.5) is 27.1 Å². The maximum atomic E-state index is 14.4. The molecule has 0 atom stereocenters. The summed E-state index contributed by atoms with van der Waals surface area (Å²) in [4.78, 5) is 9.73. The van der Waals surface area contributed by atoms with Crippen molar-refractivity contribution in [2.45, 2.75) is 52.4 Å². The van der Waals surface area contributed by atoms with Gasteiger partial charge in [-0.25, -0.2) is 9.37 Å². The molecule has 334 valence electrons. The molecule has 8 aromatic carbocycles. The number of para-hydroxylation sites is 4. The highest BCUT2D eigenvalue weighted by Crippen LogP contribution is 2.51. The van der Waals surface area contributed by atoms with Crippen molar-refractivity contribution >= 4 is 44.6 Å². The molecule has 0 radical (unpaired) electrons. The molecule has 0 bridgehead atoms. The summed E-state index contributed by atoms with van der Waals surface area (Å²) in [5.41, 5.74) is 15.1. The van der Waals surface area contributed by atoms with Gasteiger partial charge in [0.05, 0.1) is 28.1 Å². The molecule has 3 heterocycles. The van der Waals surface area contributed by atoms with E-state index >= 15 is 0 Å². The van der Waals surface area contributed by atoms with Crippen LogP contribution in [0.2, 0.25) is 0 Å². The molecule has 0 amide bonds. The van der Waals surface area contributed by atoms with E-state index in [9.17, 15) is 4.39 Å². The number of fused-ring (bicyclic) bond motifs is 4. The van der Waals surface area contributed by atoms with Crippen molar-refractivity contribution in [2.24, 2.45) is 0 Å². The highest BCUT2D eigenvalue weighted by atomic mass is 19.1. The third-order valence-electron chi connectivity index (χ3n) is 13.3. The molecule has 0 saturated carbocycles. The van der Waals surface area contributed by atoms with E-state index in [1.165, 1.54) is 16.7 Å². The standard InChI is InChI=1S/C62H53FN4O/c1-61(2,3)46-33-34-64-59(37-46)67-55-20-11-10-17-52(55)53-32-31-49(39-58(53)67)68-50-36-45(43-25-23-42(24-26-43)41-15-8-7-9-16-41)35-48(38-50)65-40-66(57-22-13-12-21-56(57)65)60-51(44-27-29-47(63)30-28-44)18-14-19-54(60)62(4,5)6/h7-39H,40H2,1-6H3. The van der Waals surface area contributed by atoms with E-state index in [4.69, 9.17) is 9.72 Å². The summed E-state index contributed by atoms with van der Waals surface area (Å²) in [6, 6.07) is 67.1. The summed E-state index contributed by atoms with van der Waals surface area (Å²) >= 11 is 0. The van der Waals surface area contributed by atoms with E-state index in [2.05, 4.69) is 220 Å². The van der Waals surface area contributed by atoms with Crippen molar-refractivity contribution in [3.63, 3.8) is 0 Å². The Morgan fingerprint density at radius 1 is 0.485 bits per heavy atom. The van der Waals surface area contributed by atoms with Gasteiger partial charge < -0.3 is 14.5 Å². The third-order valence-corrected chi connectivity index (χ3v) is 13.3. The van der Waals surface area contributed by atoms with Gasteiger partial charge in [-0.15, -0.1) is 0 Å². The molecule has 0 unspecified atom stereocenters. The van der Waals surface area contributed by atoms with Crippen LogP contribution in [-0.2, 0) is 10.8 Å². The number of anilines is 4. The van der Waals surface area contributed by atoms with Crippen LogP contribution in [0.3, 0.4) is 0 Å². The zero-order valence-electron chi connectivity index (χ0n) is 39.3. The van der Waals surface area contributed by atoms with Crippen LogP contribution in [-0.4, -0.2) is 16.2 Å². The SMILES string of the molecule is CC(C)(C)c1ccnc(-n2c3ccccc3c3ccc(Oc4cc(-c5ccc(-c6ccccc6)cc5)cc(N5CN(c6c(-c7ccc(F)cc7)cccc6C(C)(C)C)c6ccccc65)c4)cc32)c1. The summed E-state index contributed by atoms with van der Waals surface area (Å²) in [5, 5.41) is 2.29. The number of pyridine rings is 1. The number of nitrogens with zero attached hydrogens (tertiary/aromatic N) is 4. The second kappa shape index (κ2) is 16.7. The number of rotatable bonds is 8. The second-order valence-electron chi connectivity index (χ2n) is 19.9. The van der Waals surface area contributed by atoms with Crippen LogP contribution in [0.25, 0.3) is 61.0 Å². The molecule has 6 heteroatoms. The molecule has 5 nitrogen and oxygen atoms in total. The van der Waals surface area contributed by atoms with Crippen LogP contribution < -0.4 is 14.5 Å². The fraction of sp³-hybridized carbons (Fsp3) is 0.145. The summed E-state index contributed by atoms with van der Waals surface area (Å²) in [5.74, 6) is 2.06. The van der Waals surface area contributed by atoms with Gasteiger partial charge in [-0.05, 0) is 117 Å². The number of benzene rings is 8. The zero-order valence-corrected chi connectivity index (χ0v) is 39.3. The Kier molecular flexibility index (Phi) is 10.5. The molecule has 0 N–H and O–H groups in total. The average molecular weight is 889 g/mol. The summed E-state index contributed by atoms with van der Waals surface area (Å²) < 4.78 is 23.7. The van der Waals surface area contributed by atoms with E-state index in [0.29, 0.717) is 6.67 Å². The van der Waals surface area contributed by atoms with Crippen molar-refractivity contribution in [2.75, 3.05) is 16.5 Å². The largest absolute Gasteiger partial charge is 0.457 e. The van der Waals surface area contributed by atoms with Crippen molar-refractivity contribution in [3.05, 3.63) is 217 Å². The summed E-state index contributed by atoms with van der Waals surface area (Å²) in [7, 11) is 0. The monoisotopic (exact) mass is 888 g/mol. The predicted octanol–water partition coefficient (Wildman–Crippen LogP) is 17.0. The Morgan fingerprint density at radius 3 is 1.87 bits per heavy atom. The Labute approximate surface area is 398 Å². The lowest BCUT2D eigenvalue weighted by Crippen LogP contribution is -2.27. The van der Waals surface area contributed by atoms with Gasteiger partial charge in [-0.3, -0.25) is 4.57 Å². The molecule has 0 fully saturated rings. The molecule has 68 heavy (non-hydrogen) atoms. The molecular formula is C62H53FN4O. The van der Waals surface area contributed by atoms with Crippen LogP contribution in [0.5, 0.6) is 11.5 Å². The quantitative estimate of drug-likeness (QED) is 0.152. The zero-order chi connectivity index (χ0) is 46.7. The van der Waals surface area contributed by atoms with Crippen molar-refractivity contribution < 1.29 is 9.13 Å². The Balaban J connectivity index is 1.05. The van der Waals surface area contributed by atoms with Crippen molar-refractivity contribution in [1.29, 1.82) is 0 Å². The molecule has 2 aromatic heterocycles. The van der Waals surface area contributed by atoms with Gasteiger partial charge in [0.2, 0.25) is 0 Å². The highest BCUT2D eigenvalue weighted by Gasteiger charge is 2.33. The van der Waals surface area contributed by atoms with Gasteiger partial charge in [0, 0.05) is 40.4 Å². The molecule has 0 saturated heterocycles. The molecular weight excluding hydrogens is 836 g/mol. The normalized spacial score (nSPS) is 12.8. The molecule has 1 aliphatic rings. The maximum absolute atomic E-state index is 14.4. The van der Waals surface area contributed by atoms with Gasteiger partial charge in [0.15, 0.2) is 0 Å². The van der Waals surface area contributed by atoms with E-state index < -0.39 is 0 Å². The van der Waals surface area contributed by atoms with E-state index in [1.54, 1.807) is 12.1 Å². The number of ether oxygens (including phenoxy) is 1. The average Bonchev–Trinajstić information content (AvgIpc) is 3.90. The fourth-order valence-electron chi connectivity index (χ4n) is 9.78. The van der Waals surface area contributed by atoms with Crippen molar-refractivity contribution in [3.8, 4) is 50.7 Å². The van der Waals surface area contributed by atoms with E-state index in [0.717, 1.165) is 89.7 Å². The van der Waals surface area contributed by atoms with E-state index in [-0.39, 0.29) is 16.6 Å². The third kappa shape index (κ3) is 7.86. The minimum atomic E-state index is -0.252. The highest BCUT2D eigenvalue weighted by molar-refractivity contribution is 6.09. The fourth-order valence-corrected chi connectivity index (χ4v) is 9.78. The molecule has 0 aliphatic carbocycles. The Hall–Kier alpha value is -7.96. The predicted molar refractivity (Wildman–Crippen MR) is 281 cm³/mol. The number of halogens is 1. The van der Waals surface area contributed by atoms with Crippen LogP contribution in [0.1, 0.15) is 52.7 Å². The van der Waals surface area contributed by atoms with Gasteiger partial charge in [-0.1, -0.05) is 157 Å². The first-order valence-corrected chi connectivity index (χ1v) is 23.4. The lowest BCUT2D eigenvalue weighted by Gasteiger charge is -2.32. The maximum Gasteiger partial charge on any atom is 0.137 e. The van der Waals surface area contributed by atoms with Crippen LogP contribution >= 0.6 is 0 Å². The smallest absolute Gasteiger partial charge is 0.137 e. The number of hydrogen-bond donors (Lipinski definition) is 0. The minimum absolute atomic E-state index is 0.0386. The summed E-state index contributed by atoms with van der Waals surface area (Å²) in [6.07, 6.45) is 1.92. The summed E-state index contributed by atoms with van der Waals surface area (Å²) in [6.45, 7) is 14.0.